The summed E-state index contributed by atoms with van der Waals surface area (Å²) in [6, 6.07) is 4.17. The van der Waals surface area contributed by atoms with Crippen LogP contribution in [0.25, 0.3) is 0 Å². The van der Waals surface area contributed by atoms with Crippen LogP contribution in [0, 0.1) is 0 Å². The average molecular weight is 214 g/mol. The highest BCUT2D eigenvalue weighted by atomic mass is 32.1. The van der Waals surface area contributed by atoms with E-state index in [0.717, 1.165) is 6.54 Å². The molecule has 4 heteroatoms. The van der Waals surface area contributed by atoms with Crippen LogP contribution in [0.5, 0.6) is 0 Å². The first-order chi connectivity index (χ1) is 6.70. The fraction of sp³-hybridized carbons (Fsp3) is 0.600. The minimum absolute atomic E-state index is 0.126. The second kappa shape index (κ2) is 5.46. The third-order valence-electron chi connectivity index (χ3n) is 2.18. The summed E-state index contributed by atoms with van der Waals surface area (Å²) in [7, 11) is 1.70. The van der Waals surface area contributed by atoms with Crippen molar-refractivity contribution in [2.45, 2.75) is 19.0 Å². The Labute approximate surface area is 89.3 Å². The smallest absolute Gasteiger partial charge is 0.0654 e. The molecule has 1 heterocycles. The number of ether oxygens (including phenoxy) is 1. The minimum atomic E-state index is -0.126. The summed E-state index contributed by atoms with van der Waals surface area (Å²) in [5, 5.41) is 5.49. The maximum Gasteiger partial charge on any atom is 0.0654 e. The molecular formula is C10H18N2OS. The number of thiophene rings is 1. The highest BCUT2D eigenvalue weighted by molar-refractivity contribution is 7.09. The predicted octanol–water partition coefficient (Wildman–Crippen LogP) is 1.20. The Hall–Kier alpha value is -0.420. The third-order valence-corrected chi connectivity index (χ3v) is 3.06. The third kappa shape index (κ3) is 3.38. The van der Waals surface area contributed by atoms with Crippen LogP contribution < -0.4 is 11.1 Å². The van der Waals surface area contributed by atoms with E-state index in [0.29, 0.717) is 13.2 Å². The van der Waals surface area contributed by atoms with E-state index in [1.165, 1.54) is 4.88 Å². The van der Waals surface area contributed by atoms with Crippen LogP contribution in [0.3, 0.4) is 0 Å². The second-order valence-electron chi connectivity index (χ2n) is 3.63. The Morgan fingerprint density at radius 2 is 2.43 bits per heavy atom. The minimum Gasteiger partial charge on any atom is -0.383 e. The maximum atomic E-state index is 5.69. The van der Waals surface area contributed by atoms with Crippen LogP contribution in [0.4, 0.5) is 0 Å². The highest BCUT2D eigenvalue weighted by Gasteiger charge is 2.21. The maximum absolute atomic E-state index is 5.69. The molecule has 0 saturated heterocycles. The van der Waals surface area contributed by atoms with E-state index in [4.69, 9.17) is 10.5 Å². The van der Waals surface area contributed by atoms with E-state index in [9.17, 15) is 0 Å². The Morgan fingerprint density at radius 1 is 1.64 bits per heavy atom. The van der Waals surface area contributed by atoms with E-state index >= 15 is 0 Å². The van der Waals surface area contributed by atoms with Gasteiger partial charge in [-0.05, 0) is 18.4 Å². The Morgan fingerprint density at radius 3 is 2.93 bits per heavy atom. The number of methoxy groups -OCH3 is 1. The van der Waals surface area contributed by atoms with Crippen LogP contribution in [-0.4, -0.2) is 25.8 Å². The first-order valence-electron chi connectivity index (χ1n) is 4.66. The molecule has 1 unspecified atom stereocenters. The Bertz CT molecular complexity index is 251. The zero-order chi connectivity index (χ0) is 10.4. The first-order valence-corrected chi connectivity index (χ1v) is 5.54. The molecule has 0 radical (unpaired) electrons. The van der Waals surface area contributed by atoms with Crippen molar-refractivity contribution >= 4 is 11.3 Å². The molecule has 0 aliphatic heterocycles. The Kier molecular flexibility index (Phi) is 4.54. The van der Waals surface area contributed by atoms with Crippen LogP contribution in [0.15, 0.2) is 17.5 Å². The Balaban J connectivity index is 2.41. The fourth-order valence-corrected chi connectivity index (χ4v) is 1.86. The summed E-state index contributed by atoms with van der Waals surface area (Å²) in [6.07, 6.45) is 0. The molecule has 3 N–H and O–H groups in total. The van der Waals surface area contributed by atoms with E-state index in [-0.39, 0.29) is 5.54 Å². The van der Waals surface area contributed by atoms with Crippen molar-refractivity contribution in [2.24, 2.45) is 5.73 Å². The van der Waals surface area contributed by atoms with Gasteiger partial charge in [0.15, 0.2) is 0 Å². The van der Waals surface area contributed by atoms with Crippen molar-refractivity contribution < 1.29 is 4.74 Å². The molecule has 3 nitrogen and oxygen atoms in total. The normalized spacial score (nSPS) is 15.4. The molecule has 80 valence electrons. The zero-order valence-electron chi connectivity index (χ0n) is 8.75. The van der Waals surface area contributed by atoms with Gasteiger partial charge in [0.25, 0.3) is 0 Å². The molecule has 1 aromatic rings. The van der Waals surface area contributed by atoms with Crippen molar-refractivity contribution in [1.82, 2.24) is 5.32 Å². The van der Waals surface area contributed by atoms with Gasteiger partial charge < -0.3 is 15.8 Å². The highest BCUT2D eigenvalue weighted by Crippen LogP contribution is 2.10. The van der Waals surface area contributed by atoms with Crippen molar-refractivity contribution in [2.75, 3.05) is 20.3 Å². The lowest BCUT2D eigenvalue weighted by molar-refractivity contribution is 0.122. The van der Waals surface area contributed by atoms with Crippen LogP contribution in [-0.2, 0) is 11.3 Å². The van der Waals surface area contributed by atoms with Gasteiger partial charge in [-0.15, -0.1) is 11.3 Å². The summed E-state index contributed by atoms with van der Waals surface area (Å²) in [4.78, 5) is 1.32. The molecule has 1 rings (SSSR count). The number of nitrogens with two attached hydrogens (primary N) is 1. The van der Waals surface area contributed by atoms with Crippen LogP contribution in [0.2, 0.25) is 0 Å². The molecule has 0 aliphatic rings. The summed E-state index contributed by atoms with van der Waals surface area (Å²) >= 11 is 1.75. The summed E-state index contributed by atoms with van der Waals surface area (Å²) < 4.78 is 5.13. The molecule has 0 saturated carbocycles. The van der Waals surface area contributed by atoms with Gasteiger partial charge >= 0.3 is 0 Å². The molecule has 1 atom stereocenters. The lowest BCUT2D eigenvalue weighted by Gasteiger charge is -2.28. The van der Waals surface area contributed by atoms with Crippen molar-refractivity contribution in [3.05, 3.63) is 22.4 Å². The van der Waals surface area contributed by atoms with E-state index in [1.807, 2.05) is 0 Å². The van der Waals surface area contributed by atoms with Gasteiger partial charge in [0, 0.05) is 25.1 Å². The largest absolute Gasteiger partial charge is 0.383 e. The summed E-state index contributed by atoms with van der Waals surface area (Å²) in [6.45, 7) is 4.14. The molecule has 0 spiro atoms. The number of nitrogens with one attached hydrogen (secondary N) is 1. The van der Waals surface area contributed by atoms with Gasteiger partial charge in [0.1, 0.15) is 0 Å². The molecule has 1 aromatic heterocycles. The van der Waals surface area contributed by atoms with Crippen LogP contribution >= 0.6 is 11.3 Å². The number of hydrogen-bond acceptors (Lipinski definition) is 4. The second-order valence-corrected chi connectivity index (χ2v) is 4.66. The average Bonchev–Trinajstić information content (AvgIpc) is 2.68. The summed E-state index contributed by atoms with van der Waals surface area (Å²) in [5.74, 6) is 0. The zero-order valence-corrected chi connectivity index (χ0v) is 9.56. The van der Waals surface area contributed by atoms with Gasteiger partial charge in [0.05, 0.1) is 12.1 Å². The molecule has 14 heavy (non-hydrogen) atoms. The van der Waals surface area contributed by atoms with E-state index in [1.54, 1.807) is 18.4 Å². The van der Waals surface area contributed by atoms with Crippen LogP contribution in [0.1, 0.15) is 11.8 Å². The molecule has 0 aromatic carbocycles. The molecular weight excluding hydrogens is 196 g/mol. The topological polar surface area (TPSA) is 47.3 Å². The quantitative estimate of drug-likeness (QED) is 0.748. The van der Waals surface area contributed by atoms with Gasteiger partial charge in [-0.1, -0.05) is 6.07 Å². The van der Waals surface area contributed by atoms with Gasteiger partial charge in [0.2, 0.25) is 0 Å². The standard InChI is InChI=1S/C10H18N2OS/c1-10(7-11,8-13-2)12-6-9-4-3-5-14-9/h3-5,12H,6-8,11H2,1-2H3. The number of hydrogen-bond donors (Lipinski definition) is 2. The van der Waals surface area contributed by atoms with E-state index in [2.05, 4.69) is 29.8 Å². The van der Waals surface area contributed by atoms with Crippen molar-refractivity contribution in [3.8, 4) is 0 Å². The molecule has 0 amide bonds. The lowest BCUT2D eigenvalue weighted by atomic mass is 10.0. The lowest BCUT2D eigenvalue weighted by Crippen LogP contribution is -2.51. The first kappa shape index (κ1) is 11.7. The van der Waals surface area contributed by atoms with Crippen molar-refractivity contribution in [1.29, 1.82) is 0 Å². The molecule has 0 aliphatic carbocycles. The molecule has 0 bridgehead atoms. The monoisotopic (exact) mass is 214 g/mol. The fourth-order valence-electron chi connectivity index (χ4n) is 1.21. The SMILES string of the molecule is COCC(C)(CN)NCc1cccs1. The summed E-state index contributed by atoms with van der Waals surface area (Å²) in [5.41, 5.74) is 5.57. The predicted molar refractivity (Wildman–Crippen MR) is 60.5 cm³/mol. The van der Waals surface area contributed by atoms with Crippen molar-refractivity contribution in [3.63, 3.8) is 0 Å². The van der Waals surface area contributed by atoms with E-state index < -0.39 is 0 Å². The van der Waals surface area contributed by atoms with Gasteiger partial charge in [-0.2, -0.15) is 0 Å². The number of rotatable bonds is 6. The van der Waals surface area contributed by atoms with Gasteiger partial charge in [-0.25, -0.2) is 0 Å². The van der Waals surface area contributed by atoms with Gasteiger partial charge in [-0.3, -0.25) is 0 Å². The molecule has 0 fully saturated rings.